The molecule has 96 valence electrons. The van der Waals surface area contributed by atoms with Crippen molar-refractivity contribution in [2.75, 3.05) is 12.4 Å². The third-order valence-electron chi connectivity index (χ3n) is 2.95. The van der Waals surface area contributed by atoms with E-state index in [1.807, 2.05) is 13.0 Å². The summed E-state index contributed by atoms with van der Waals surface area (Å²) in [6.07, 6.45) is 5.50. The normalized spacial score (nSPS) is 21.9. The monoisotopic (exact) mass is 249 g/mol. The number of carbonyl (C=O) groups is 1. The minimum Gasteiger partial charge on any atom is -0.481 e. The van der Waals surface area contributed by atoms with E-state index in [2.05, 4.69) is 15.3 Å². The van der Waals surface area contributed by atoms with E-state index in [4.69, 9.17) is 9.84 Å². The van der Waals surface area contributed by atoms with Gasteiger partial charge in [-0.15, -0.1) is 0 Å². The zero-order chi connectivity index (χ0) is 13.1. The van der Waals surface area contributed by atoms with Crippen LogP contribution in [0.5, 0.6) is 5.88 Å². The van der Waals surface area contributed by atoms with Crippen molar-refractivity contribution in [2.45, 2.75) is 19.4 Å². The number of methoxy groups -OCH3 is 1. The van der Waals surface area contributed by atoms with Gasteiger partial charge in [0, 0.05) is 6.04 Å². The first-order valence-corrected chi connectivity index (χ1v) is 5.65. The predicted octanol–water partition coefficient (Wildman–Crippen LogP) is 1.23. The van der Waals surface area contributed by atoms with Crippen molar-refractivity contribution >= 4 is 11.8 Å². The molecule has 1 aliphatic rings. The molecular weight excluding hydrogens is 234 g/mol. The fraction of sp³-hybridized carbons (Fsp3) is 0.417. The lowest BCUT2D eigenvalue weighted by Gasteiger charge is -2.15. The van der Waals surface area contributed by atoms with Crippen molar-refractivity contribution in [3.8, 4) is 5.88 Å². The average molecular weight is 249 g/mol. The topological polar surface area (TPSA) is 84.3 Å². The number of hydrogen-bond acceptors (Lipinski definition) is 5. The third kappa shape index (κ3) is 2.42. The Bertz CT molecular complexity index is 487. The Morgan fingerprint density at radius 3 is 2.89 bits per heavy atom. The highest BCUT2D eigenvalue weighted by molar-refractivity contribution is 5.73. The Balaban J connectivity index is 2.08. The van der Waals surface area contributed by atoms with Crippen LogP contribution in [-0.4, -0.2) is 34.2 Å². The summed E-state index contributed by atoms with van der Waals surface area (Å²) in [7, 11) is 1.55. The second kappa shape index (κ2) is 5.03. The van der Waals surface area contributed by atoms with E-state index in [1.54, 1.807) is 13.2 Å². The number of aliphatic carboxylic acids is 1. The number of anilines is 1. The van der Waals surface area contributed by atoms with E-state index >= 15 is 0 Å². The second-order valence-electron chi connectivity index (χ2n) is 4.17. The fourth-order valence-corrected chi connectivity index (χ4v) is 1.95. The maximum Gasteiger partial charge on any atom is 0.310 e. The van der Waals surface area contributed by atoms with Gasteiger partial charge in [0.1, 0.15) is 12.1 Å². The van der Waals surface area contributed by atoms with Crippen molar-refractivity contribution in [1.29, 1.82) is 0 Å². The second-order valence-corrected chi connectivity index (χ2v) is 4.17. The SMILES string of the molecule is COc1ncnc(NC2C=CC(C(=O)O)C2)c1C. The Labute approximate surface area is 105 Å². The molecule has 6 nitrogen and oxygen atoms in total. The number of aromatic nitrogens is 2. The number of nitrogens with one attached hydrogen (secondary N) is 1. The molecule has 2 unspecified atom stereocenters. The molecule has 2 atom stereocenters. The van der Waals surface area contributed by atoms with Gasteiger partial charge in [-0.1, -0.05) is 12.2 Å². The van der Waals surface area contributed by atoms with E-state index in [1.165, 1.54) is 6.33 Å². The lowest BCUT2D eigenvalue weighted by Crippen LogP contribution is -2.20. The number of ether oxygens (including phenoxy) is 1. The molecular formula is C12H15N3O3. The van der Waals surface area contributed by atoms with Crippen LogP contribution >= 0.6 is 0 Å². The Morgan fingerprint density at radius 1 is 1.50 bits per heavy atom. The van der Waals surface area contributed by atoms with Gasteiger partial charge in [0.15, 0.2) is 0 Å². The van der Waals surface area contributed by atoms with Gasteiger partial charge < -0.3 is 15.2 Å². The molecule has 0 amide bonds. The molecule has 6 heteroatoms. The van der Waals surface area contributed by atoms with Gasteiger partial charge in [-0.2, -0.15) is 0 Å². The molecule has 0 bridgehead atoms. The summed E-state index contributed by atoms with van der Waals surface area (Å²) >= 11 is 0. The standard InChI is InChI=1S/C12H15N3O3/c1-7-10(13-6-14-11(7)18-2)15-9-4-3-8(5-9)12(16)17/h3-4,6,8-9H,5H2,1-2H3,(H,16,17)(H,13,14,15). The van der Waals surface area contributed by atoms with Crippen molar-refractivity contribution in [1.82, 2.24) is 9.97 Å². The fourth-order valence-electron chi connectivity index (χ4n) is 1.95. The first kappa shape index (κ1) is 12.3. The molecule has 1 aromatic rings. The van der Waals surface area contributed by atoms with E-state index in [0.717, 1.165) is 5.56 Å². The molecule has 0 aliphatic heterocycles. The van der Waals surface area contributed by atoms with Crippen LogP contribution in [0.3, 0.4) is 0 Å². The van der Waals surface area contributed by atoms with Gasteiger partial charge in [0.2, 0.25) is 5.88 Å². The molecule has 18 heavy (non-hydrogen) atoms. The van der Waals surface area contributed by atoms with Gasteiger partial charge in [0.05, 0.1) is 18.6 Å². The van der Waals surface area contributed by atoms with Gasteiger partial charge in [-0.25, -0.2) is 9.97 Å². The van der Waals surface area contributed by atoms with E-state index in [-0.39, 0.29) is 6.04 Å². The number of carboxylic acid groups (broad SMARTS) is 1. The maximum absolute atomic E-state index is 10.8. The van der Waals surface area contributed by atoms with Crippen LogP contribution in [0.2, 0.25) is 0 Å². The summed E-state index contributed by atoms with van der Waals surface area (Å²) in [5, 5.41) is 12.1. The minimum absolute atomic E-state index is 0.0237. The molecule has 0 saturated carbocycles. The summed E-state index contributed by atoms with van der Waals surface area (Å²) in [5.74, 6) is -0.0362. The maximum atomic E-state index is 10.8. The Morgan fingerprint density at radius 2 is 2.28 bits per heavy atom. The van der Waals surface area contributed by atoms with Crippen LogP contribution < -0.4 is 10.1 Å². The summed E-state index contributed by atoms with van der Waals surface area (Å²) in [5.41, 5.74) is 0.812. The van der Waals surface area contributed by atoms with Gasteiger partial charge in [-0.3, -0.25) is 4.79 Å². The van der Waals surface area contributed by atoms with Gasteiger partial charge >= 0.3 is 5.97 Å². The molecule has 0 radical (unpaired) electrons. The Hall–Kier alpha value is -2.11. The van der Waals surface area contributed by atoms with E-state index in [9.17, 15) is 4.79 Å². The highest BCUT2D eigenvalue weighted by Gasteiger charge is 2.25. The first-order chi connectivity index (χ1) is 8.61. The molecule has 2 N–H and O–H groups in total. The van der Waals surface area contributed by atoms with Gasteiger partial charge in [0.25, 0.3) is 0 Å². The van der Waals surface area contributed by atoms with Crippen LogP contribution in [0, 0.1) is 12.8 Å². The van der Waals surface area contributed by atoms with Crippen molar-refractivity contribution in [3.63, 3.8) is 0 Å². The van der Waals surface area contributed by atoms with Crippen LogP contribution in [0.15, 0.2) is 18.5 Å². The molecule has 0 aromatic carbocycles. The smallest absolute Gasteiger partial charge is 0.310 e. The Kier molecular flexibility index (Phi) is 3.45. The highest BCUT2D eigenvalue weighted by atomic mass is 16.5. The van der Waals surface area contributed by atoms with Gasteiger partial charge in [-0.05, 0) is 13.3 Å². The first-order valence-electron chi connectivity index (χ1n) is 5.65. The minimum atomic E-state index is -0.799. The molecule has 1 heterocycles. The summed E-state index contributed by atoms with van der Waals surface area (Å²) in [6.45, 7) is 1.86. The quantitative estimate of drug-likeness (QED) is 0.781. The van der Waals surface area contributed by atoms with Crippen LogP contribution in [-0.2, 0) is 4.79 Å². The number of nitrogens with zero attached hydrogens (tertiary/aromatic N) is 2. The van der Waals surface area contributed by atoms with Crippen LogP contribution in [0.25, 0.3) is 0 Å². The summed E-state index contributed by atoms with van der Waals surface area (Å²) in [6, 6.07) is -0.0237. The molecule has 0 fully saturated rings. The van der Waals surface area contributed by atoms with Crippen LogP contribution in [0.1, 0.15) is 12.0 Å². The summed E-state index contributed by atoms with van der Waals surface area (Å²) < 4.78 is 5.11. The van der Waals surface area contributed by atoms with Crippen molar-refractivity contribution in [3.05, 3.63) is 24.0 Å². The van der Waals surface area contributed by atoms with Crippen LogP contribution in [0.4, 0.5) is 5.82 Å². The average Bonchev–Trinajstić information content (AvgIpc) is 2.80. The third-order valence-corrected chi connectivity index (χ3v) is 2.95. The molecule has 1 aliphatic carbocycles. The highest BCUT2D eigenvalue weighted by Crippen LogP contribution is 2.25. The number of carboxylic acids is 1. The summed E-state index contributed by atoms with van der Waals surface area (Å²) in [4.78, 5) is 19.0. The number of rotatable bonds is 4. The number of hydrogen-bond donors (Lipinski definition) is 2. The predicted molar refractivity (Wildman–Crippen MR) is 65.6 cm³/mol. The largest absolute Gasteiger partial charge is 0.481 e. The molecule has 1 aromatic heterocycles. The molecule has 2 rings (SSSR count). The van der Waals surface area contributed by atoms with E-state index < -0.39 is 11.9 Å². The van der Waals surface area contributed by atoms with Crippen molar-refractivity contribution in [2.24, 2.45) is 5.92 Å². The zero-order valence-corrected chi connectivity index (χ0v) is 10.3. The lowest BCUT2D eigenvalue weighted by molar-refractivity contribution is -0.140. The molecule has 0 spiro atoms. The lowest BCUT2D eigenvalue weighted by atomic mass is 10.1. The molecule has 0 saturated heterocycles. The van der Waals surface area contributed by atoms with E-state index in [0.29, 0.717) is 18.1 Å². The zero-order valence-electron chi connectivity index (χ0n) is 10.3. The van der Waals surface area contributed by atoms with Crippen molar-refractivity contribution < 1.29 is 14.6 Å².